The Morgan fingerprint density at radius 2 is 1.86 bits per heavy atom. The fourth-order valence-electron chi connectivity index (χ4n) is 3.49. The molecule has 7 nitrogen and oxygen atoms in total. The van der Waals surface area contributed by atoms with E-state index in [-0.39, 0.29) is 18.1 Å². The molecule has 1 saturated heterocycles. The number of ether oxygens (including phenoxy) is 2. The van der Waals surface area contributed by atoms with Crippen molar-refractivity contribution in [3.63, 3.8) is 0 Å². The first-order valence-electron chi connectivity index (χ1n) is 9.83. The number of nitrogens with zero attached hydrogens (tertiary/aromatic N) is 1. The van der Waals surface area contributed by atoms with Crippen molar-refractivity contribution in [1.29, 1.82) is 0 Å². The molecule has 1 heterocycles. The van der Waals surface area contributed by atoms with Crippen LogP contribution in [0.3, 0.4) is 0 Å². The van der Waals surface area contributed by atoms with Gasteiger partial charge in [0.15, 0.2) is 0 Å². The van der Waals surface area contributed by atoms with Crippen LogP contribution in [0.1, 0.15) is 44.2 Å². The van der Waals surface area contributed by atoms with E-state index in [1.165, 1.54) is 10.6 Å². The summed E-state index contributed by atoms with van der Waals surface area (Å²) in [5, 5.41) is 3.38. The summed E-state index contributed by atoms with van der Waals surface area (Å²) in [6, 6.07) is 7.97. The summed E-state index contributed by atoms with van der Waals surface area (Å²) in [5.41, 5.74) is 1.67. The van der Waals surface area contributed by atoms with Crippen molar-refractivity contribution in [1.82, 2.24) is 9.62 Å². The second-order valence-electron chi connectivity index (χ2n) is 7.15. The molecule has 2 rings (SSSR count). The van der Waals surface area contributed by atoms with Gasteiger partial charge in [-0.3, -0.25) is 10.1 Å². The Morgan fingerprint density at radius 1 is 1.21 bits per heavy atom. The molecule has 0 aromatic heterocycles. The van der Waals surface area contributed by atoms with Gasteiger partial charge >= 0.3 is 5.97 Å². The Morgan fingerprint density at radius 3 is 2.39 bits per heavy atom. The van der Waals surface area contributed by atoms with Crippen molar-refractivity contribution in [3.05, 3.63) is 35.4 Å². The molecule has 0 unspecified atom stereocenters. The van der Waals surface area contributed by atoms with Gasteiger partial charge in [-0.05, 0) is 37.3 Å². The van der Waals surface area contributed by atoms with Crippen molar-refractivity contribution in [2.45, 2.75) is 45.2 Å². The summed E-state index contributed by atoms with van der Waals surface area (Å²) in [7, 11) is -3.24. The van der Waals surface area contributed by atoms with Crippen LogP contribution in [-0.2, 0) is 36.4 Å². The maximum atomic E-state index is 12.0. The van der Waals surface area contributed by atoms with Crippen LogP contribution < -0.4 is 5.32 Å². The lowest BCUT2D eigenvalue weighted by Gasteiger charge is -2.38. The predicted octanol–water partition coefficient (Wildman–Crippen LogP) is 2.02. The van der Waals surface area contributed by atoms with Crippen LogP contribution in [-0.4, -0.2) is 57.9 Å². The topological polar surface area (TPSA) is 84.9 Å². The number of hydrogen-bond donors (Lipinski definition) is 1. The molecular formula is C20H32N2O5S. The minimum Gasteiger partial charge on any atom is -0.465 e. The Balaban J connectivity index is 2.15. The molecule has 0 amide bonds. The lowest BCUT2D eigenvalue weighted by Crippen LogP contribution is -2.48. The molecule has 1 aromatic rings. The Kier molecular flexibility index (Phi) is 8.42. The lowest BCUT2D eigenvalue weighted by atomic mass is 9.82. The van der Waals surface area contributed by atoms with Crippen LogP contribution in [0.4, 0.5) is 0 Å². The van der Waals surface area contributed by atoms with E-state index in [9.17, 15) is 13.2 Å². The molecule has 0 spiro atoms. The van der Waals surface area contributed by atoms with Gasteiger partial charge in [0.2, 0.25) is 10.0 Å². The van der Waals surface area contributed by atoms with Gasteiger partial charge in [0, 0.05) is 31.8 Å². The number of hydrogen-bond acceptors (Lipinski definition) is 6. The molecule has 8 heteroatoms. The van der Waals surface area contributed by atoms with Gasteiger partial charge < -0.3 is 9.47 Å². The van der Waals surface area contributed by atoms with Crippen LogP contribution in [0.15, 0.2) is 24.3 Å². The monoisotopic (exact) mass is 412 g/mol. The SMILES string of the molecule is CCCN(Cc1ccc(C2(NCC(=O)OCC)CCOCC2)cc1)S(C)(=O)=O. The summed E-state index contributed by atoms with van der Waals surface area (Å²) in [5.74, 6) is -0.270. The van der Waals surface area contributed by atoms with Crippen LogP contribution in [0.25, 0.3) is 0 Å². The van der Waals surface area contributed by atoms with Gasteiger partial charge in [-0.1, -0.05) is 31.2 Å². The molecule has 1 N–H and O–H groups in total. The summed E-state index contributed by atoms with van der Waals surface area (Å²) in [4.78, 5) is 11.8. The standard InChI is InChI=1S/C20H32N2O5S/c1-4-12-22(28(3,24)25)16-17-6-8-18(9-7-17)20(10-13-26-14-11-20)21-15-19(23)27-5-2/h6-9,21H,4-5,10-16H2,1-3H3. The van der Waals surface area contributed by atoms with E-state index in [1.807, 2.05) is 31.2 Å². The van der Waals surface area contributed by atoms with Gasteiger partial charge in [-0.15, -0.1) is 0 Å². The molecule has 0 radical (unpaired) electrons. The number of rotatable bonds is 10. The van der Waals surface area contributed by atoms with E-state index in [0.717, 1.165) is 30.4 Å². The van der Waals surface area contributed by atoms with Gasteiger partial charge in [0.25, 0.3) is 0 Å². The average molecular weight is 413 g/mol. The molecule has 158 valence electrons. The van der Waals surface area contributed by atoms with E-state index >= 15 is 0 Å². The van der Waals surface area contributed by atoms with E-state index in [4.69, 9.17) is 9.47 Å². The summed E-state index contributed by atoms with van der Waals surface area (Å²) in [6.45, 7) is 6.37. The quantitative estimate of drug-likeness (QED) is 0.592. The number of carbonyl (C=O) groups is 1. The molecule has 0 atom stereocenters. The molecule has 0 bridgehead atoms. The fourth-order valence-corrected chi connectivity index (χ4v) is 4.38. The molecule has 1 fully saturated rings. The third-order valence-electron chi connectivity index (χ3n) is 5.03. The number of benzene rings is 1. The molecule has 1 aromatic carbocycles. The zero-order valence-corrected chi connectivity index (χ0v) is 17.9. The molecule has 1 aliphatic heterocycles. The van der Waals surface area contributed by atoms with Crippen LogP contribution in [0.5, 0.6) is 0 Å². The summed E-state index contributed by atoms with van der Waals surface area (Å²) < 4.78 is 35.9. The van der Waals surface area contributed by atoms with Gasteiger partial charge in [-0.25, -0.2) is 8.42 Å². The normalized spacial score (nSPS) is 16.9. The minimum absolute atomic E-state index is 0.147. The van der Waals surface area contributed by atoms with Crippen molar-refractivity contribution in [3.8, 4) is 0 Å². The fraction of sp³-hybridized carbons (Fsp3) is 0.650. The minimum atomic E-state index is -3.24. The molecule has 28 heavy (non-hydrogen) atoms. The highest BCUT2D eigenvalue weighted by Crippen LogP contribution is 2.32. The maximum Gasteiger partial charge on any atom is 0.319 e. The number of esters is 1. The largest absolute Gasteiger partial charge is 0.465 e. The maximum absolute atomic E-state index is 12.0. The van der Waals surface area contributed by atoms with Gasteiger partial charge in [-0.2, -0.15) is 4.31 Å². The van der Waals surface area contributed by atoms with Crippen LogP contribution >= 0.6 is 0 Å². The van der Waals surface area contributed by atoms with Crippen molar-refractivity contribution in [2.75, 3.05) is 39.2 Å². The van der Waals surface area contributed by atoms with E-state index < -0.39 is 10.0 Å². The number of sulfonamides is 1. The molecule has 0 aliphatic carbocycles. The Hall–Kier alpha value is -1.48. The lowest BCUT2D eigenvalue weighted by molar-refractivity contribution is -0.142. The molecule has 1 aliphatic rings. The highest BCUT2D eigenvalue weighted by atomic mass is 32.2. The predicted molar refractivity (Wildman–Crippen MR) is 108 cm³/mol. The third-order valence-corrected chi connectivity index (χ3v) is 6.28. The zero-order chi connectivity index (χ0) is 20.6. The van der Waals surface area contributed by atoms with E-state index in [1.54, 1.807) is 6.92 Å². The average Bonchev–Trinajstić information content (AvgIpc) is 2.67. The Labute approximate surface area is 168 Å². The van der Waals surface area contributed by atoms with Crippen molar-refractivity contribution in [2.24, 2.45) is 0 Å². The first kappa shape index (κ1) is 22.8. The Bertz CT molecular complexity index is 727. The highest BCUT2D eigenvalue weighted by Gasteiger charge is 2.34. The highest BCUT2D eigenvalue weighted by molar-refractivity contribution is 7.88. The molecular weight excluding hydrogens is 380 g/mol. The van der Waals surface area contributed by atoms with Crippen molar-refractivity contribution < 1.29 is 22.7 Å². The second-order valence-corrected chi connectivity index (χ2v) is 9.13. The number of nitrogens with one attached hydrogen (secondary N) is 1. The van der Waals surface area contributed by atoms with E-state index in [2.05, 4.69) is 5.32 Å². The van der Waals surface area contributed by atoms with E-state index in [0.29, 0.717) is 32.9 Å². The molecule has 0 saturated carbocycles. The number of carbonyl (C=O) groups excluding carboxylic acids is 1. The van der Waals surface area contributed by atoms with Crippen LogP contribution in [0, 0.1) is 0 Å². The zero-order valence-electron chi connectivity index (χ0n) is 17.1. The summed E-state index contributed by atoms with van der Waals surface area (Å²) >= 11 is 0. The first-order valence-corrected chi connectivity index (χ1v) is 11.7. The second kappa shape index (κ2) is 10.3. The smallest absolute Gasteiger partial charge is 0.319 e. The van der Waals surface area contributed by atoms with Crippen LogP contribution in [0.2, 0.25) is 0 Å². The summed E-state index contributed by atoms with van der Waals surface area (Å²) in [6.07, 6.45) is 3.54. The van der Waals surface area contributed by atoms with Crippen molar-refractivity contribution >= 4 is 16.0 Å². The van der Waals surface area contributed by atoms with Gasteiger partial charge in [0.1, 0.15) is 0 Å². The third kappa shape index (κ3) is 6.27. The van der Waals surface area contributed by atoms with Gasteiger partial charge in [0.05, 0.1) is 19.4 Å². The first-order chi connectivity index (χ1) is 13.3.